The number of hydrogen-bond acceptors (Lipinski definition) is 6. The van der Waals surface area contributed by atoms with Crippen LogP contribution in [0, 0.1) is 12.7 Å². The molecular formula is C25H34FN5O3. The number of piperazine rings is 1. The molecule has 1 unspecified atom stereocenters. The Morgan fingerprint density at radius 1 is 1.15 bits per heavy atom. The highest BCUT2D eigenvalue weighted by Gasteiger charge is 2.27. The van der Waals surface area contributed by atoms with Crippen molar-refractivity contribution < 1.29 is 18.7 Å². The highest BCUT2D eigenvalue weighted by atomic mass is 19.1. The third-order valence-electron chi connectivity index (χ3n) is 5.63. The average Bonchev–Trinajstić information content (AvgIpc) is 2.79. The van der Waals surface area contributed by atoms with Crippen molar-refractivity contribution >= 4 is 17.7 Å². The fourth-order valence-corrected chi connectivity index (χ4v) is 3.70. The van der Waals surface area contributed by atoms with Gasteiger partial charge in [-0.25, -0.2) is 14.2 Å². The maximum Gasteiger partial charge on any atom is 0.410 e. The topological polar surface area (TPSA) is 86.8 Å². The number of nitrogens with one attached hydrogen (secondary N) is 2. The molecule has 0 saturated carbocycles. The van der Waals surface area contributed by atoms with Gasteiger partial charge in [0.25, 0.3) is 5.91 Å². The first-order valence-corrected chi connectivity index (χ1v) is 11.5. The molecule has 0 radical (unpaired) electrons. The van der Waals surface area contributed by atoms with Crippen molar-refractivity contribution in [1.82, 2.24) is 20.1 Å². The smallest absolute Gasteiger partial charge is 0.410 e. The maximum atomic E-state index is 14.4. The number of carbonyl (C=O) groups is 2. The summed E-state index contributed by atoms with van der Waals surface area (Å²) in [5.41, 5.74) is 1.92. The molecule has 2 aromatic rings. The van der Waals surface area contributed by atoms with Crippen molar-refractivity contribution in [2.45, 2.75) is 39.3 Å². The second-order valence-corrected chi connectivity index (χ2v) is 9.48. The van der Waals surface area contributed by atoms with Crippen molar-refractivity contribution in [3.8, 4) is 0 Å². The van der Waals surface area contributed by atoms with Gasteiger partial charge in [0.2, 0.25) is 0 Å². The number of halogens is 1. The Morgan fingerprint density at radius 2 is 1.85 bits per heavy atom. The number of ether oxygens (including phenoxy) is 1. The number of benzene rings is 1. The SMILES string of the molecule is CNC(=O)c1ccc(NC(CN2CCN(C(=O)OC(C)(C)C)CC2)c2ccc(C)c(F)c2)cn1. The van der Waals surface area contributed by atoms with E-state index >= 15 is 0 Å². The van der Waals surface area contributed by atoms with Crippen LogP contribution in [0.25, 0.3) is 0 Å². The van der Waals surface area contributed by atoms with E-state index in [4.69, 9.17) is 4.74 Å². The number of nitrogens with zero attached hydrogens (tertiary/aromatic N) is 3. The van der Waals surface area contributed by atoms with Crippen LogP contribution in [0.1, 0.15) is 48.4 Å². The van der Waals surface area contributed by atoms with E-state index in [2.05, 4.69) is 20.5 Å². The first-order chi connectivity index (χ1) is 16.1. The minimum absolute atomic E-state index is 0.212. The second-order valence-electron chi connectivity index (χ2n) is 9.48. The van der Waals surface area contributed by atoms with Crippen molar-refractivity contribution in [2.24, 2.45) is 0 Å². The fraction of sp³-hybridized carbons (Fsp3) is 0.480. The number of aromatic nitrogens is 1. The molecule has 1 aliphatic heterocycles. The van der Waals surface area contributed by atoms with E-state index < -0.39 is 5.60 Å². The lowest BCUT2D eigenvalue weighted by Gasteiger charge is -2.37. The van der Waals surface area contributed by atoms with Gasteiger partial charge in [-0.2, -0.15) is 0 Å². The van der Waals surface area contributed by atoms with Gasteiger partial charge in [0, 0.05) is 39.8 Å². The molecule has 1 aliphatic rings. The molecule has 2 heterocycles. The summed E-state index contributed by atoms with van der Waals surface area (Å²) in [7, 11) is 1.56. The van der Waals surface area contributed by atoms with Gasteiger partial charge in [0.05, 0.1) is 17.9 Å². The van der Waals surface area contributed by atoms with Crippen LogP contribution in [0.4, 0.5) is 14.9 Å². The maximum absolute atomic E-state index is 14.4. The Morgan fingerprint density at radius 3 is 2.41 bits per heavy atom. The van der Waals surface area contributed by atoms with Crippen LogP contribution in [0.5, 0.6) is 0 Å². The van der Waals surface area contributed by atoms with Crippen LogP contribution in [-0.2, 0) is 4.74 Å². The summed E-state index contributed by atoms with van der Waals surface area (Å²) in [5, 5.41) is 5.98. The summed E-state index contributed by atoms with van der Waals surface area (Å²) < 4.78 is 19.8. The Bertz CT molecular complexity index is 999. The predicted octanol–water partition coefficient (Wildman–Crippen LogP) is 3.59. The third kappa shape index (κ3) is 6.90. The number of hydrogen-bond donors (Lipinski definition) is 2. The van der Waals surface area contributed by atoms with Gasteiger partial charge in [-0.1, -0.05) is 12.1 Å². The Hall–Kier alpha value is -3.20. The number of amides is 2. The van der Waals surface area contributed by atoms with Crippen LogP contribution in [0.2, 0.25) is 0 Å². The number of carbonyl (C=O) groups excluding carboxylic acids is 2. The van der Waals surface area contributed by atoms with E-state index in [9.17, 15) is 14.0 Å². The molecule has 0 spiro atoms. The van der Waals surface area contributed by atoms with Crippen molar-refractivity contribution in [3.63, 3.8) is 0 Å². The molecule has 184 valence electrons. The zero-order valence-corrected chi connectivity index (χ0v) is 20.5. The zero-order chi connectivity index (χ0) is 24.9. The normalized spacial score (nSPS) is 15.5. The highest BCUT2D eigenvalue weighted by molar-refractivity contribution is 5.92. The van der Waals surface area contributed by atoms with E-state index in [0.29, 0.717) is 44.0 Å². The van der Waals surface area contributed by atoms with Crippen molar-refractivity contribution in [3.05, 3.63) is 59.2 Å². The van der Waals surface area contributed by atoms with Crippen LogP contribution in [0.15, 0.2) is 36.5 Å². The van der Waals surface area contributed by atoms with Crippen LogP contribution >= 0.6 is 0 Å². The van der Waals surface area contributed by atoms with E-state index in [-0.39, 0.29) is 23.9 Å². The summed E-state index contributed by atoms with van der Waals surface area (Å²) in [5.74, 6) is -0.515. The largest absolute Gasteiger partial charge is 0.444 e. The lowest BCUT2D eigenvalue weighted by atomic mass is 10.0. The van der Waals surface area contributed by atoms with Gasteiger partial charge >= 0.3 is 6.09 Å². The minimum Gasteiger partial charge on any atom is -0.444 e. The van der Waals surface area contributed by atoms with Gasteiger partial charge in [-0.3, -0.25) is 9.69 Å². The van der Waals surface area contributed by atoms with Crippen molar-refractivity contribution in [1.29, 1.82) is 0 Å². The lowest BCUT2D eigenvalue weighted by Crippen LogP contribution is -2.51. The molecule has 2 N–H and O–H groups in total. The summed E-state index contributed by atoms with van der Waals surface area (Å²) in [6.07, 6.45) is 1.30. The zero-order valence-electron chi connectivity index (χ0n) is 20.5. The Balaban J connectivity index is 1.70. The van der Waals surface area contributed by atoms with Crippen LogP contribution < -0.4 is 10.6 Å². The highest BCUT2D eigenvalue weighted by Crippen LogP contribution is 2.24. The molecule has 1 atom stereocenters. The van der Waals surface area contributed by atoms with Gasteiger partial charge in [-0.15, -0.1) is 0 Å². The summed E-state index contributed by atoms with van der Waals surface area (Å²) in [6.45, 7) is 10.4. The molecule has 1 aromatic carbocycles. The molecule has 1 saturated heterocycles. The molecule has 0 aliphatic carbocycles. The van der Waals surface area contributed by atoms with Gasteiger partial charge in [0.1, 0.15) is 17.1 Å². The van der Waals surface area contributed by atoms with E-state index in [0.717, 1.165) is 11.3 Å². The molecule has 8 nitrogen and oxygen atoms in total. The molecule has 0 bridgehead atoms. The second kappa shape index (κ2) is 10.8. The predicted molar refractivity (Wildman–Crippen MR) is 129 cm³/mol. The fourth-order valence-electron chi connectivity index (χ4n) is 3.70. The quantitative estimate of drug-likeness (QED) is 0.670. The summed E-state index contributed by atoms with van der Waals surface area (Å²) in [6, 6.07) is 8.46. The van der Waals surface area contributed by atoms with Crippen molar-refractivity contribution in [2.75, 3.05) is 45.1 Å². The molecule has 1 fully saturated rings. The van der Waals surface area contributed by atoms with E-state index in [1.165, 1.54) is 0 Å². The lowest BCUT2D eigenvalue weighted by molar-refractivity contribution is 0.0142. The molecular weight excluding hydrogens is 437 g/mol. The molecule has 34 heavy (non-hydrogen) atoms. The average molecular weight is 472 g/mol. The minimum atomic E-state index is -0.528. The Kier molecular flexibility index (Phi) is 8.09. The van der Waals surface area contributed by atoms with Gasteiger partial charge in [-0.05, 0) is 57.0 Å². The van der Waals surface area contributed by atoms with E-state index in [1.807, 2.05) is 26.8 Å². The monoisotopic (exact) mass is 471 g/mol. The van der Waals surface area contributed by atoms with Crippen LogP contribution in [0.3, 0.4) is 0 Å². The molecule has 3 rings (SSSR count). The number of anilines is 1. The summed E-state index contributed by atoms with van der Waals surface area (Å²) in [4.78, 5) is 32.3. The number of rotatable bonds is 6. The molecule has 9 heteroatoms. The third-order valence-corrected chi connectivity index (χ3v) is 5.63. The first-order valence-electron chi connectivity index (χ1n) is 11.5. The first kappa shape index (κ1) is 25.4. The molecule has 1 aromatic heterocycles. The number of aryl methyl sites for hydroxylation is 1. The van der Waals surface area contributed by atoms with E-state index in [1.54, 1.807) is 49.3 Å². The van der Waals surface area contributed by atoms with Crippen LogP contribution in [-0.4, -0.2) is 72.2 Å². The Labute approximate surface area is 200 Å². The summed E-state index contributed by atoms with van der Waals surface area (Å²) >= 11 is 0. The van der Waals surface area contributed by atoms with Gasteiger partial charge < -0.3 is 20.3 Å². The number of pyridine rings is 1. The standard InChI is InChI=1S/C25H34FN5O3/c1-17-6-7-18(14-20(17)26)22(29-19-8-9-21(28-15-19)23(32)27-5)16-30-10-12-31(13-11-30)24(33)34-25(2,3)4/h6-9,14-15,22,29H,10-13,16H2,1-5H3,(H,27,32). The molecule has 2 amide bonds. The van der Waals surface area contributed by atoms with Gasteiger partial charge in [0.15, 0.2) is 0 Å².